The van der Waals surface area contributed by atoms with Crippen LogP contribution in [0.5, 0.6) is 0 Å². The van der Waals surface area contributed by atoms with Crippen molar-refractivity contribution in [2.24, 2.45) is 5.92 Å². The van der Waals surface area contributed by atoms with Gasteiger partial charge in [0.15, 0.2) is 5.69 Å². The molecular weight excluding hydrogens is 316 g/mol. The van der Waals surface area contributed by atoms with Crippen LogP contribution in [0.25, 0.3) is 0 Å². The number of carbonyl (C=O) groups excluding carboxylic acids is 1. The number of rotatable bonds is 4. The Kier molecular flexibility index (Phi) is 4.71. The fourth-order valence-electron chi connectivity index (χ4n) is 3.11. The SMILES string of the molecule is Cc1onc(C(=O)NC2CCCCC2C)c1Cn1cc(Cl)cn1. The molecule has 0 radical (unpaired) electrons. The van der Waals surface area contributed by atoms with Crippen LogP contribution in [0.2, 0.25) is 5.02 Å². The third-order valence-electron chi connectivity index (χ3n) is 4.55. The van der Waals surface area contributed by atoms with Crippen LogP contribution in [0.15, 0.2) is 16.9 Å². The minimum Gasteiger partial charge on any atom is -0.361 e. The maximum atomic E-state index is 12.6. The maximum absolute atomic E-state index is 12.6. The molecule has 7 heteroatoms. The molecular formula is C16H21ClN4O2. The highest BCUT2D eigenvalue weighted by atomic mass is 35.5. The highest BCUT2D eigenvalue weighted by Gasteiger charge is 2.26. The number of amides is 1. The molecule has 2 unspecified atom stereocenters. The van der Waals surface area contributed by atoms with Crippen molar-refractivity contribution in [3.8, 4) is 0 Å². The van der Waals surface area contributed by atoms with Crippen LogP contribution in [-0.2, 0) is 6.54 Å². The second kappa shape index (κ2) is 6.74. The highest BCUT2D eigenvalue weighted by Crippen LogP contribution is 2.24. The summed E-state index contributed by atoms with van der Waals surface area (Å²) in [5, 5.41) is 11.8. The van der Waals surface area contributed by atoms with Crippen LogP contribution in [0.1, 0.15) is 54.4 Å². The van der Waals surface area contributed by atoms with Crippen LogP contribution in [0.3, 0.4) is 0 Å². The average molecular weight is 337 g/mol. The molecule has 6 nitrogen and oxygen atoms in total. The summed E-state index contributed by atoms with van der Waals surface area (Å²) in [6, 6.07) is 0.209. The predicted octanol–water partition coefficient (Wildman–Crippen LogP) is 3.19. The van der Waals surface area contributed by atoms with Crippen LogP contribution < -0.4 is 5.32 Å². The number of nitrogens with one attached hydrogen (secondary N) is 1. The predicted molar refractivity (Wildman–Crippen MR) is 86.5 cm³/mol. The second-order valence-corrected chi connectivity index (χ2v) is 6.70. The lowest BCUT2D eigenvalue weighted by Gasteiger charge is -2.29. The molecule has 2 aromatic rings. The summed E-state index contributed by atoms with van der Waals surface area (Å²) < 4.78 is 6.90. The third kappa shape index (κ3) is 3.58. The van der Waals surface area contributed by atoms with E-state index in [0.717, 1.165) is 24.8 Å². The van der Waals surface area contributed by atoms with Crippen molar-refractivity contribution in [3.63, 3.8) is 0 Å². The van der Waals surface area contributed by atoms with E-state index in [0.29, 0.717) is 28.9 Å². The molecule has 1 saturated carbocycles. The Balaban J connectivity index is 1.75. The first-order chi connectivity index (χ1) is 11.0. The Morgan fingerprint density at radius 2 is 2.26 bits per heavy atom. The molecule has 2 atom stereocenters. The zero-order valence-electron chi connectivity index (χ0n) is 13.4. The maximum Gasteiger partial charge on any atom is 0.274 e. The van der Waals surface area contributed by atoms with Crippen molar-refractivity contribution in [3.05, 3.63) is 34.4 Å². The van der Waals surface area contributed by atoms with Crippen molar-refractivity contribution in [2.75, 3.05) is 0 Å². The molecule has 1 aliphatic rings. The van der Waals surface area contributed by atoms with Gasteiger partial charge in [-0.3, -0.25) is 9.48 Å². The first kappa shape index (κ1) is 16.1. The number of halogens is 1. The molecule has 1 fully saturated rings. The molecule has 23 heavy (non-hydrogen) atoms. The molecule has 0 aliphatic heterocycles. The lowest BCUT2D eigenvalue weighted by atomic mass is 9.86. The van der Waals surface area contributed by atoms with Crippen LogP contribution >= 0.6 is 11.6 Å². The topological polar surface area (TPSA) is 73.0 Å². The van der Waals surface area contributed by atoms with Gasteiger partial charge in [0, 0.05) is 17.8 Å². The van der Waals surface area contributed by atoms with Crippen molar-refractivity contribution in [1.82, 2.24) is 20.3 Å². The van der Waals surface area contributed by atoms with E-state index in [1.54, 1.807) is 24.0 Å². The number of aryl methyl sites for hydroxylation is 1. The lowest BCUT2D eigenvalue weighted by Crippen LogP contribution is -2.41. The summed E-state index contributed by atoms with van der Waals surface area (Å²) in [5.41, 5.74) is 1.08. The quantitative estimate of drug-likeness (QED) is 0.930. The fourth-order valence-corrected chi connectivity index (χ4v) is 3.27. The van der Waals surface area contributed by atoms with Gasteiger partial charge in [0.05, 0.1) is 17.8 Å². The van der Waals surface area contributed by atoms with Crippen LogP contribution in [0, 0.1) is 12.8 Å². The summed E-state index contributed by atoms with van der Waals surface area (Å²) in [6.45, 7) is 4.39. The molecule has 1 amide bonds. The van der Waals surface area contributed by atoms with Gasteiger partial charge >= 0.3 is 0 Å². The van der Waals surface area contributed by atoms with Crippen molar-refractivity contribution < 1.29 is 9.32 Å². The molecule has 124 valence electrons. The second-order valence-electron chi connectivity index (χ2n) is 6.26. The first-order valence-corrected chi connectivity index (χ1v) is 8.36. The number of hydrogen-bond donors (Lipinski definition) is 1. The third-order valence-corrected chi connectivity index (χ3v) is 4.74. The molecule has 0 bridgehead atoms. The van der Waals surface area contributed by atoms with E-state index in [1.165, 1.54) is 6.42 Å². The van der Waals surface area contributed by atoms with E-state index in [1.807, 2.05) is 0 Å². The number of nitrogens with zero attached hydrogens (tertiary/aromatic N) is 3. The molecule has 3 rings (SSSR count). The van der Waals surface area contributed by atoms with Crippen LogP contribution in [0.4, 0.5) is 0 Å². The van der Waals surface area contributed by atoms with E-state index in [2.05, 4.69) is 22.5 Å². The van der Waals surface area contributed by atoms with Gasteiger partial charge in [-0.1, -0.05) is 36.5 Å². The van der Waals surface area contributed by atoms with Gasteiger partial charge < -0.3 is 9.84 Å². The Hall–Kier alpha value is -1.82. The lowest BCUT2D eigenvalue weighted by molar-refractivity contribution is 0.0900. The molecule has 2 aromatic heterocycles. The largest absolute Gasteiger partial charge is 0.361 e. The van der Waals surface area contributed by atoms with E-state index in [4.69, 9.17) is 16.1 Å². The molecule has 0 spiro atoms. The summed E-state index contributed by atoms with van der Waals surface area (Å²) in [7, 11) is 0. The molecule has 0 saturated heterocycles. The zero-order chi connectivity index (χ0) is 16.4. The Morgan fingerprint density at radius 3 is 2.96 bits per heavy atom. The Bertz CT molecular complexity index is 694. The molecule has 1 N–H and O–H groups in total. The average Bonchev–Trinajstić information content (AvgIpc) is 3.09. The van der Waals surface area contributed by atoms with Crippen molar-refractivity contribution in [2.45, 2.75) is 52.1 Å². The standard InChI is InChI=1S/C16H21ClN4O2/c1-10-5-3-4-6-14(10)19-16(22)15-13(11(2)23-20-15)9-21-8-12(17)7-18-21/h7-8,10,14H,3-6,9H2,1-2H3,(H,19,22). The van der Waals surface area contributed by atoms with Crippen molar-refractivity contribution >= 4 is 17.5 Å². The molecule has 1 aliphatic carbocycles. The van der Waals surface area contributed by atoms with Gasteiger partial charge in [0.1, 0.15) is 5.76 Å². The van der Waals surface area contributed by atoms with Gasteiger partial charge in [-0.25, -0.2) is 0 Å². The van der Waals surface area contributed by atoms with E-state index < -0.39 is 0 Å². The fraction of sp³-hybridized carbons (Fsp3) is 0.562. The summed E-state index contributed by atoms with van der Waals surface area (Å²) in [4.78, 5) is 12.6. The van der Waals surface area contributed by atoms with E-state index in [-0.39, 0.29) is 11.9 Å². The van der Waals surface area contributed by atoms with Gasteiger partial charge in [-0.15, -0.1) is 0 Å². The number of aromatic nitrogens is 3. The number of hydrogen-bond acceptors (Lipinski definition) is 4. The minimum absolute atomic E-state index is 0.172. The van der Waals surface area contributed by atoms with Crippen molar-refractivity contribution in [1.29, 1.82) is 0 Å². The van der Waals surface area contributed by atoms with E-state index >= 15 is 0 Å². The van der Waals surface area contributed by atoms with Gasteiger partial charge in [0.25, 0.3) is 5.91 Å². The van der Waals surface area contributed by atoms with E-state index in [9.17, 15) is 4.79 Å². The summed E-state index contributed by atoms with van der Waals surface area (Å²) >= 11 is 5.89. The molecule has 2 heterocycles. The Labute approximate surface area is 140 Å². The monoisotopic (exact) mass is 336 g/mol. The van der Waals surface area contributed by atoms with Gasteiger partial charge in [-0.05, 0) is 25.7 Å². The highest BCUT2D eigenvalue weighted by molar-refractivity contribution is 6.30. The van der Waals surface area contributed by atoms with Gasteiger partial charge in [0.2, 0.25) is 0 Å². The normalized spacial score (nSPS) is 21.3. The smallest absolute Gasteiger partial charge is 0.274 e. The Morgan fingerprint density at radius 1 is 1.48 bits per heavy atom. The molecule has 0 aromatic carbocycles. The van der Waals surface area contributed by atoms with Gasteiger partial charge in [-0.2, -0.15) is 5.10 Å². The first-order valence-electron chi connectivity index (χ1n) is 7.98. The summed E-state index contributed by atoms with van der Waals surface area (Å²) in [6.07, 6.45) is 7.84. The zero-order valence-corrected chi connectivity index (χ0v) is 14.1. The minimum atomic E-state index is -0.172. The summed E-state index contributed by atoms with van der Waals surface area (Å²) in [5.74, 6) is 0.946. The van der Waals surface area contributed by atoms with Crippen LogP contribution in [-0.4, -0.2) is 26.9 Å². The number of carbonyl (C=O) groups is 1.